The molecule has 29 heavy (non-hydrogen) atoms. The fourth-order valence-electron chi connectivity index (χ4n) is 2.82. The van der Waals surface area contributed by atoms with Crippen LogP contribution >= 0.6 is 11.8 Å². The van der Waals surface area contributed by atoms with Crippen LogP contribution in [0.3, 0.4) is 0 Å². The largest absolute Gasteiger partial charge is 0.494 e. The number of hydrogen-bond donors (Lipinski definition) is 1. The van der Waals surface area contributed by atoms with E-state index < -0.39 is 0 Å². The summed E-state index contributed by atoms with van der Waals surface area (Å²) in [7, 11) is 0. The third-order valence-corrected chi connectivity index (χ3v) is 5.13. The van der Waals surface area contributed by atoms with Crippen LogP contribution in [0.2, 0.25) is 0 Å². The molecule has 1 fully saturated rings. The number of thioether (sulfide) groups is 1. The van der Waals surface area contributed by atoms with Crippen molar-refractivity contribution in [2.24, 2.45) is 0 Å². The van der Waals surface area contributed by atoms with Crippen molar-refractivity contribution >= 4 is 34.9 Å². The molecule has 3 amide bonds. The Bertz CT molecular complexity index is 910. The first kappa shape index (κ1) is 20.7. The summed E-state index contributed by atoms with van der Waals surface area (Å²) >= 11 is 0.917. The van der Waals surface area contributed by atoms with E-state index in [0.29, 0.717) is 11.5 Å². The molecule has 1 saturated heterocycles. The Kier molecular flexibility index (Phi) is 7.08. The summed E-state index contributed by atoms with van der Waals surface area (Å²) in [4.78, 5) is 38.3. The second kappa shape index (κ2) is 9.93. The van der Waals surface area contributed by atoms with Gasteiger partial charge >= 0.3 is 0 Å². The number of rotatable bonds is 8. The van der Waals surface area contributed by atoms with Gasteiger partial charge in [-0.05, 0) is 48.0 Å². The molecule has 6 nitrogen and oxygen atoms in total. The number of amides is 3. The molecule has 0 radical (unpaired) electrons. The summed E-state index contributed by atoms with van der Waals surface area (Å²) in [6, 6.07) is 16.7. The predicted octanol–water partition coefficient (Wildman–Crippen LogP) is 3.48. The number of ether oxygens (including phenoxy) is 1. The van der Waals surface area contributed by atoms with Gasteiger partial charge < -0.3 is 10.1 Å². The van der Waals surface area contributed by atoms with E-state index in [0.717, 1.165) is 33.5 Å². The van der Waals surface area contributed by atoms with Crippen LogP contribution in [0.4, 0.5) is 4.79 Å². The van der Waals surface area contributed by atoms with Gasteiger partial charge in [0, 0.05) is 13.1 Å². The number of carbonyl (C=O) groups is 3. The second-order valence-electron chi connectivity index (χ2n) is 6.35. The molecular weight excluding hydrogens is 388 g/mol. The number of benzene rings is 2. The molecule has 0 unspecified atom stereocenters. The van der Waals surface area contributed by atoms with Gasteiger partial charge in [0.25, 0.3) is 11.1 Å². The highest BCUT2D eigenvalue weighted by molar-refractivity contribution is 8.18. The molecule has 0 saturated carbocycles. The zero-order valence-corrected chi connectivity index (χ0v) is 16.9. The Morgan fingerprint density at radius 2 is 1.83 bits per heavy atom. The van der Waals surface area contributed by atoms with Gasteiger partial charge in [0.2, 0.25) is 5.91 Å². The quantitative estimate of drug-likeness (QED) is 0.675. The molecule has 1 N–H and O–H groups in total. The summed E-state index contributed by atoms with van der Waals surface area (Å²) in [5.41, 5.74) is 1.73. The van der Waals surface area contributed by atoms with Crippen molar-refractivity contribution < 1.29 is 19.1 Å². The average Bonchev–Trinajstić information content (AvgIpc) is 2.98. The van der Waals surface area contributed by atoms with E-state index in [1.165, 1.54) is 0 Å². The Hall–Kier alpha value is -3.06. The molecule has 2 aromatic carbocycles. The minimum Gasteiger partial charge on any atom is -0.494 e. The van der Waals surface area contributed by atoms with E-state index in [1.807, 2.05) is 61.5 Å². The van der Waals surface area contributed by atoms with Crippen molar-refractivity contribution in [3.8, 4) is 5.75 Å². The van der Waals surface area contributed by atoms with Gasteiger partial charge in [-0.15, -0.1) is 0 Å². The first-order chi connectivity index (χ1) is 14.1. The highest BCUT2D eigenvalue weighted by Crippen LogP contribution is 2.31. The smallest absolute Gasteiger partial charge is 0.293 e. The maximum absolute atomic E-state index is 12.5. The summed E-state index contributed by atoms with van der Waals surface area (Å²) in [5, 5.41) is 2.44. The second-order valence-corrected chi connectivity index (χ2v) is 7.34. The molecule has 3 rings (SSSR count). The summed E-state index contributed by atoms with van der Waals surface area (Å²) in [6.45, 7) is 2.86. The van der Waals surface area contributed by atoms with Crippen molar-refractivity contribution in [2.45, 2.75) is 13.3 Å². The molecular formula is C22H22N2O4S. The summed E-state index contributed by atoms with van der Waals surface area (Å²) in [6.07, 6.45) is 1.93. The van der Waals surface area contributed by atoms with Gasteiger partial charge in [-0.25, -0.2) is 0 Å². The zero-order chi connectivity index (χ0) is 20.6. The lowest BCUT2D eigenvalue weighted by Gasteiger charge is -2.13. The van der Waals surface area contributed by atoms with Gasteiger partial charge in [0.1, 0.15) is 5.75 Å². The van der Waals surface area contributed by atoms with Gasteiger partial charge in [-0.1, -0.05) is 42.5 Å². The predicted molar refractivity (Wildman–Crippen MR) is 113 cm³/mol. The highest BCUT2D eigenvalue weighted by Gasteiger charge is 2.34. The number of nitrogens with zero attached hydrogens (tertiary/aromatic N) is 1. The van der Waals surface area contributed by atoms with Crippen molar-refractivity contribution in [1.82, 2.24) is 10.2 Å². The van der Waals surface area contributed by atoms with Crippen LogP contribution in [0.5, 0.6) is 5.75 Å². The average molecular weight is 410 g/mol. The molecule has 2 aromatic rings. The van der Waals surface area contributed by atoms with Crippen molar-refractivity contribution in [2.75, 3.05) is 19.7 Å². The van der Waals surface area contributed by atoms with E-state index >= 15 is 0 Å². The third-order valence-electron chi connectivity index (χ3n) is 4.23. The van der Waals surface area contributed by atoms with E-state index in [1.54, 1.807) is 6.08 Å². The Morgan fingerprint density at radius 1 is 1.10 bits per heavy atom. The van der Waals surface area contributed by atoms with Crippen LogP contribution in [-0.4, -0.2) is 41.6 Å². The van der Waals surface area contributed by atoms with E-state index in [9.17, 15) is 14.4 Å². The van der Waals surface area contributed by atoms with E-state index in [2.05, 4.69) is 5.32 Å². The molecule has 0 spiro atoms. The molecule has 150 valence electrons. The zero-order valence-electron chi connectivity index (χ0n) is 16.1. The SMILES string of the molecule is CCOc1ccc(CC(=O)NCCN2C(=O)S/C(=C\c3ccccc3)C2=O)cc1. The summed E-state index contributed by atoms with van der Waals surface area (Å²) in [5.74, 6) is 0.269. The van der Waals surface area contributed by atoms with Gasteiger partial charge in [-0.2, -0.15) is 0 Å². The molecule has 7 heteroatoms. The Labute approximate surface area is 173 Å². The maximum Gasteiger partial charge on any atom is 0.293 e. The van der Waals surface area contributed by atoms with Gasteiger partial charge in [0.15, 0.2) is 0 Å². The van der Waals surface area contributed by atoms with Crippen molar-refractivity contribution in [3.63, 3.8) is 0 Å². The van der Waals surface area contributed by atoms with E-state index in [-0.39, 0.29) is 36.6 Å². The van der Waals surface area contributed by atoms with Crippen LogP contribution in [0.15, 0.2) is 59.5 Å². The lowest BCUT2D eigenvalue weighted by molar-refractivity contribution is -0.124. The number of hydrogen-bond acceptors (Lipinski definition) is 5. The molecule has 1 heterocycles. The minimum atomic E-state index is -0.329. The molecule has 0 bridgehead atoms. The first-order valence-electron chi connectivity index (χ1n) is 9.35. The van der Waals surface area contributed by atoms with Crippen LogP contribution in [0.25, 0.3) is 6.08 Å². The van der Waals surface area contributed by atoms with Crippen LogP contribution in [-0.2, 0) is 16.0 Å². The Morgan fingerprint density at radius 3 is 2.52 bits per heavy atom. The number of nitrogens with one attached hydrogen (secondary N) is 1. The molecule has 0 aromatic heterocycles. The monoisotopic (exact) mass is 410 g/mol. The van der Waals surface area contributed by atoms with E-state index in [4.69, 9.17) is 4.74 Å². The van der Waals surface area contributed by atoms with Crippen LogP contribution < -0.4 is 10.1 Å². The highest BCUT2D eigenvalue weighted by atomic mass is 32.2. The third kappa shape index (κ3) is 5.71. The lowest BCUT2D eigenvalue weighted by atomic mass is 10.1. The first-order valence-corrected chi connectivity index (χ1v) is 10.2. The van der Waals surface area contributed by atoms with Crippen LogP contribution in [0.1, 0.15) is 18.1 Å². The normalized spacial score (nSPS) is 15.1. The fraction of sp³-hybridized carbons (Fsp3) is 0.227. The molecule has 1 aliphatic rings. The fourth-order valence-corrected chi connectivity index (χ4v) is 3.68. The van der Waals surface area contributed by atoms with Gasteiger partial charge in [0.05, 0.1) is 17.9 Å². The molecule has 0 atom stereocenters. The Balaban J connectivity index is 1.48. The topological polar surface area (TPSA) is 75.7 Å². The van der Waals surface area contributed by atoms with Crippen LogP contribution in [0, 0.1) is 0 Å². The van der Waals surface area contributed by atoms with Crippen molar-refractivity contribution in [3.05, 3.63) is 70.6 Å². The number of imide groups is 1. The van der Waals surface area contributed by atoms with Gasteiger partial charge in [-0.3, -0.25) is 19.3 Å². The van der Waals surface area contributed by atoms with Crippen molar-refractivity contribution in [1.29, 1.82) is 0 Å². The number of carbonyl (C=O) groups excluding carboxylic acids is 3. The molecule has 1 aliphatic heterocycles. The summed E-state index contributed by atoms with van der Waals surface area (Å²) < 4.78 is 5.38. The maximum atomic E-state index is 12.5. The standard InChI is InChI=1S/C22H22N2O4S/c1-2-28-18-10-8-17(9-11-18)15-20(25)23-12-13-24-21(26)19(29-22(24)27)14-16-6-4-3-5-7-16/h3-11,14H,2,12-13,15H2,1H3,(H,23,25)/b19-14-. The lowest BCUT2D eigenvalue weighted by Crippen LogP contribution is -2.37. The molecule has 0 aliphatic carbocycles. The minimum absolute atomic E-state index is 0.145.